The first kappa shape index (κ1) is 14.5. The molecule has 0 aliphatic heterocycles. The molecule has 1 heterocycles. The lowest BCUT2D eigenvalue weighted by Gasteiger charge is -2.05. The fourth-order valence-electron chi connectivity index (χ4n) is 1.88. The minimum atomic E-state index is -0.490. The first-order chi connectivity index (χ1) is 10.6. The summed E-state index contributed by atoms with van der Waals surface area (Å²) in [5.41, 5.74) is 1.02. The minimum absolute atomic E-state index is 0.0211. The van der Waals surface area contributed by atoms with Crippen molar-refractivity contribution in [2.75, 3.05) is 11.9 Å². The zero-order valence-electron chi connectivity index (χ0n) is 11.5. The number of hydrogen-bond donors (Lipinski definition) is 1. The van der Waals surface area contributed by atoms with Gasteiger partial charge in [-0.05, 0) is 25.0 Å². The van der Waals surface area contributed by atoms with Crippen LogP contribution in [0.3, 0.4) is 0 Å². The fourth-order valence-corrected chi connectivity index (χ4v) is 2.69. The Kier molecular flexibility index (Phi) is 4.01. The van der Waals surface area contributed by atoms with Gasteiger partial charge < -0.3 is 4.74 Å². The second kappa shape index (κ2) is 6.10. The maximum Gasteiger partial charge on any atom is 0.269 e. The lowest BCUT2D eigenvalue weighted by atomic mass is 10.3. The van der Waals surface area contributed by atoms with Crippen LogP contribution in [-0.2, 0) is 4.79 Å². The van der Waals surface area contributed by atoms with Crippen molar-refractivity contribution in [1.29, 1.82) is 0 Å². The number of hydrogen-bond acceptors (Lipinski definition) is 6. The number of carbonyl (C=O) groups is 1. The zero-order valence-corrected chi connectivity index (χ0v) is 12.3. The van der Waals surface area contributed by atoms with Gasteiger partial charge in [-0.1, -0.05) is 0 Å². The van der Waals surface area contributed by atoms with Crippen molar-refractivity contribution in [1.82, 2.24) is 4.98 Å². The molecule has 1 fully saturated rings. The number of nitro groups is 1. The van der Waals surface area contributed by atoms with Crippen molar-refractivity contribution < 1.29 is 14.5 Å². The van der Waals surface area contributed by atoms with Gasteiger partial charge in [0.25, 0.3) is 11.6 Å². The van der Waals surface area contributed by atoms with E-state index in [0.717, 1.165) is 5.69 Å². The maximum absolute atomic E-state index is 11.8. The van der Waals surface area contributed by atoms with E-state index < -0.39 is 4.92 Å². The van der Waals surface area contributed by atoms with Crippen LogP contribution < -0.4 is 10.1 Å². The molecule has 7 nitrogen and oxygen atoms in total. The molecular weight excluding hydrogens is 306 g/mol. The van der Waals surface area contributed by atoms with Crippen molar-refractivity contribution in [2.24, 2.45) is 0 Å². The van der Waals surface area contributed by atoms with Crippen LogP contribution in [0.5, 0.6) is 5.75 Å². The Balaban J connectivity index is 1.49. The third-order valence-electron chi connectivity index (χ3n) is 3.18. The van der Waals surface area contributed by atoms with Gasteiger partial charge in [0.2, 0.25) is 0 Å². The summed E-state index contributed by atoms with van der Waals surface area (Å²) in [6, 6.07) is 5.58. The lowest BCUT2D eigenvalue weighted by Crippen LogP contribution is -2.20. The molecule has 0 atom stereocenters. The summed E-state index contributed by atoms with van der Waals surface area (Å²) in [4.78, 5) is 26.2. The van der Waals surface area contributed by atoms with Gasteiger partial charge in [0, 0.05) is 23.4 Å². The van der Waals surface area contributed by atoms with Gasteiger partial charge in [-0.15, -0.1) is 11.3 Å². The molecule has 0 spiro atoms. The van der Waals surface area contributed by atoms with Gasteiger partial charge in [0.05, 0.1) is 10.6 Å². The molecule has 22 heavy (non-hydrogen) atoms. The van der Waals surface area contributed by atoms with Crippen molar-refractivity contribution >= 4 is 28.1 Å². The second-order valence-electron chi connectivity index (χ2n) is 4.94. The average Bonchev–Trinajstić information content (AvgIpc) is 3.26. The summed E-state index contributed by atoms with van der Waals surface area (Å²) in [5, 5.41) is 15.7. The van der Waals surface area contributed by atoms with E-state index in [0.29, 0.717) is 16.8 Å². The van der Waals surface area contributed by atoms with E-state index in [-0.39, 0.29) is 18.2 Å². The van der Waals surface area contributed by atoms with E-state index in [1.807, 2.05) is 5.38 Å². The number of benzene rings is 1. The minimum Gasteiger partial charge on any atom is -0.484 e. The van der Waals surface area contributed by atoms with Crippen LogP contribution in [0, 0.1) is 10.1 Å². The summed E-state index contributed by atoms with van der Waals surface area (Å²) in [6.07, 6.45) is 2.33. The van der Waals surface area contributed by atoms with Crippen LogP contribution >= 0.6 is 11.3 Å². The molecule has 8 heteroatoms. The Morgan fingerprint density at radius 2 is 2.14 bits per heavy atom. The average molecular weight is 319 g/mol. The van der Waals surface area contributed by atoms with Gasteiger partial charge in [-0.25, -0.2) is 4.98 Å². The molecule has 0 radical (unpaired) electrons. The largest absolute Gasteiger partial charge is 0.484 e. The molecule has 1 aromatic heterocycles. The molecule has 1 saturated carbocycles. The van der Waals surface area contributed by atoms with E-state index in [9.17, 15) is 14.9 Å². The first-order valence-corrected chi connectivity index (χ1v) is 7.62. The van der Waals surface area contributed by atoms with Crippen LogP contribution in [0.25, 0.3) is 0 Å². The number of nitrogens with one attached hydrogen (secondary N) is 1. The number of ether oxygens (including phenoxy) is 1. The molecular formula is C14H13N3O4S. The lowest BCUT2D eigenvalue weighted by molar-refractivity contribution is -0.384. The molecule has 1 amide bonds. The van der Waals surface area contributed by atoms with Crippen molar-refractivity contribution in [3.8, 4) is 5.75 Å². The smallest absolute Gasteiger partial charge is 0.269 e. The first-order valence-electron chi connectivity index (χ1n) is 6.74. The van der Waals surface area contributed by atoms with Crippen LogP contribution in [0.2, 0.25) is 0 Å². The number of nitrogens with zero attached hydrogens (tertiary/aromatic N) is 2. The predicted octanol–water partition coefficient (Wildman–Crippen LogP) is 2.95. The van der Waals surface area contributed by atoms with E-state index in [1.54, 1.807) is 0 Å². The van der Waals surface area contributed by atoms with Crippen LogP contribution in [-0.4, -0.2) is 22.4 Å². The standard InChI is InChI=1S/C14H13N3O4S/c18-13(16-14-15-12(8-22-14)9-1-2-9)7-21-11-5-3-10(4-6-11)17(19)20/h3-6,8-9H,1-2,7H2,(H,15,16,18). The second-order valence-corrected chi connectivity index (χ2v) is 5.80. The molecule has 114 valence electrons. The van der Waals surface area contributed by atoms with E-state index in [4.69, 9.17) is 4.74 Å². The molecule has 1 aliphatic rings. The number of rotatable bonds is 6. The normalized spacial score (nSPS) is 13.6. The Labute approximate surface area is 130 Å². The highest BCUT2D eigenvalue weighted by Gasteiger charge is 2.26. The van der Waals surface area contributed by atoms with Crippen LogP contribution in [0.4, 0.5) is 10.8 Å². The summed E-state index contributed by atoms with van der Waals surface area (Å²) in [7, 11) is 0. The Bertz CT molecular complexity index is 694. The summed E-state index contributed by atoms with van der Waals surface area (Å²) < 4.78 is 5.28. The quantitative estimate of drug-likeness (QED) is 0.652. The van der Waals surface area contributed by atoms with Crippen LogP contribution in [0.1, 0.15) is 24.5 Å². The van der Waals surface area contributed by atoms with Crippen molar-refractivity contribution in [3.63, 3.8) is 0 Å². The third kappa shape index (κ3) is 3.59. The molecule has 0 bridgehead atoms. The van der Waals surface area contributed by atoms with Gasteiger partial charge in [-0.2, -0.15) is 0 Å². The van der Waals surface area contributed by atoms with Gasteiger partial charge in [0.15, 0.2) is 11.7 Å². The molecule has 1 aromatic carbocycles. The van der Waals surface area contributed by atoms with Crippen molar-refractivity contribution in [3.05, 3.63) is 45.5 Å². The van der Waals surface area contributed by atoms with Crippen molar-refractivity contribution in [2.45, 2.75) is 18.8 Å². The van der Waals surface area contributed by atoms with Gasteiger partial charge in [0.1, 0.15) is 5.75 Å². The number of amides is 1. The number of anilines is 1. The highest BCUT2D eigenvalue weighted by atomic mass is 32.1. The van der Waals surface area contributed by atoms with E-state index >= 15 is 0 Å². The van der Waals surface area contributed by atoms with Crippen LogP contribution in [0.15, 0.2) is 29.6 Å². The summed E-state index contributed by atoms with van der Waals surface area (Å²) in [5.74, 6) is 0.645. The molecule has 0 unspecified atom stereocenters. The SMILES string of the molecule is O=C(COc1ccc([N+](=O)[O-])cc1)Nc1nc(C2CC2)cs1. The van der Waals surface area contributed by atoms with Gasteiger partial charge >= 0.3 is 0 Å². The molecule has 0 saturated heterocycles. The number of non-ortho nitro benzene ring substituents is 1. The highest BCUT2D eigenvalue weighted by molar-refractivity contribution is 7.13. The number of thiazole rings is 1. The summed E-state index contributed by atoms with van der Waals surface area (Å²) in [6.45, 7) is -0.170. The highest BCUT2D eigenvalue weighted by Crippen LogP contribution is 2.40. The Hall–Kier alpha value is -2.48. The number of nitro benzene ring substituents is 1. The predicted molar refractivity (Wildman–Crippen MR) is 81.3 cm³/mol. The Morgan fingerprint density at radius 3 is 2.77 bits per heavy atom. The Morgan fingerprint density at radius 1 is 1.41 bits per heavy atom. The number of carbonyl (C=O) groups excluding carboxylic acids is 1. The molecule has 2 aromatic rings. The maximum atomic E-state index is 11.8. The summed E-state index contributed by atoms with van der Waals surface area (Å²) >= 11 is 1.40. The monoisotopic (exact) mass is 319 g/mol. The zero-order chi connectivity index (χ0) is 15.5. The third-order valence-corrected chi connectivity index (χ3v) is 3.96. The molecule has 1 N–H and O–H groups in total. The van der Waals surface area contributed by atoms with E-state index in [2.05, 4.69) is 10.3 Å². The fraction of sp³-hybridized carbons (Fsp3) is 0.286. The van der Waals surface area contributed by atoms with E-state index in [1.165, 1.54) is 48.4 Å². The topological polar surface area (TPSA) is 94.4 Å². The van der Waals surface area contributed by atoms with Gasteiger partial charge in [-0.3, -0.25) is 20.2 Å². The molecule has 3 rings (SSSR count). The molecule has 1 aliphatic carbocycles. The number of aromatic nitrogens is 1.